The van der Waals surface area contributed by atoms with Gasteiger partial charge in [-0.25, -0.2) is 4.98 Å². The van der Waals surface area contributed by atoms with Crippen LogP contribution >= 0.6 is 34.9 Å². The summed E-state index contributed by atoms with van der Waals surface area (Å²) in [5, 5.41) is 13.2. The summed E-state index contributed by atoms with van der Waals surface area (Å²) in [4.78, 5) is 4.02. The van der Waals surface area contributed by atoms with Crippen molar-refractivity contribution in [3.05, 3.63) is 45.7 Å². The molecular weight excluding hydrogens is 329 g/mol. The summed E-state index contributed by atoms with van der Waals surface area (Å²) in [6.07, 6.45) is 1.58. The number of anilines is 1. The van der Waals surface area contributed by atoms with Crippen molar-refractivity contribution in [2.75, 3.05) is 5.32 Å². The summed E-state index contributed by atoms with van der Waals surface area (Å²) < 4.78 is 8.36. The van der Waals surface area contributed by atoms with Gasteiger partial charge in [-0.15, -0.1) is 0 Å². The summed E-state index contributed by atoms with van der Waals surface area (Å²) >= 11 is 13.4. The number of hydrogen-bond acceptors (Lipinski definition) is 6. The molecule has 104 valence electrons. The van der Waals surface area contributed by atoms with E-state index in [0.29, 0.717) is 39.0 Å². The van der Waals surface area contributed by atoms with E-state index in [-0.39, 0.29) is 0 Å². The highest BCUT2D eigenvalue weighted by molar-refractivity contribution is 7.00. The lowest BCUT2D eigenvalue weighted by atomic mass is 10.2. The molecule has 0 aliphatic rings. The zero-order valence-corrected chi connectivity index (χ0v) is 12.8. The molecule has 8 heteroatoms. The van der Waals surface area contributed by atoms with Crippen molar-refractivity contribution in [2.45, 2.75) is 6.54 Å². The first-order chi connectivity index (χ1) is 10.2. The SMILES string of the molecule is N#Cc1ncccc1CNc1c(Cl)cc(Cl)c2nsnc12. The molecule has 3 rings (SSSR count). The highest BCUT2D eigenvalue weighted by Crippen LogP contribution is 2.35. The smallest absolute Gasteiger partial charge is 0.145 e. The first kappa shape index (κ1) is 14.0. The molecule has 0 unspecified atom stereocenters. The minimum Gasteiger partial charge on any atom is -0.378 e. The second-order valence-corrected chi connectivity index (χ2v) is 5.50. The lowest BCUT2D eigenvalue weighted by molar-refractivity contribution is 1.09. The zero-order valence-electron chi connectivity index (χ0n) is 10.5. The van der Waals surface area contributed by atoms with Gasteiger partial charge in [-0.2, -0.15) is 14.0 Å². The molecule has 0 spiro atoms. The van der Waals surface area contributed by atoms with Gasteiger partial charge in [0, 0.05) is 18.3 Å². The van der Waals surface area contributed by atoms with Gasteiger partial charge in [-0.3, -0.25) is 0 Å². The van der Waals surface area contributed by atoms with Crippen LogP contribution in [0, 0.1) is 11.3 Å². The van der Waals surface area contributed by atoms with Crippen LogP contribution in [0.4, 0.5) is 5.69 Å². The quantitative estimate of drug-likeness (QED) is 0.786. The maximum atomic E-state index is 9.04. The van der Waals surface area contributed by atoms with Gasteiger partial charge in [0.1, 0.15) is 22.8 Å². The molecule has 1 N–H and O–H groups in total. The summed E-state index contributed by atoms with van der Waals surface area (Å²) in [6.45, 7) is 0.407. The summed E-state index contributed by atoms with van der Waals surface area (Å²) in [6, 6.07) is 7.30. The van der Waals surface area contributed by atoms with Gasteiger partial charge >= 0.3 is 0 Å². The summed E-state index contributed by atoms with van der Waals surface area (Å²) in [5.41, 5.74) is 3.04. The first-order valence-electron chi connectivity index (χ1n) is 5.89. The van der Waals surface area contributed by atoms with E-state index < -0.39 is 0 Å². The van der Waals surface area contributed by atoms with E-state index in [1.54, 1.807) is 18.3 Å². The van der Waals surface area contributed by atoms with Crippen LogP contribution in [0.2, 0.25) is 10.0 Å². The van der Waals surface area contributed by atoms with E-state index in [9.17, 15) is 0 Å². The molecule has 2 aromatic heterocycles. The van der Waals surface area contributed by atoms with Gasteiger partial charge in [0.2, 0.25) is 0 Å². The van der Waals surface area contributed by atoms with Crippen molar-refractivity contribution >= 4 is 51.7 Å². The fourth-order valence-corrected chi connectivity index (χ4v) is 3.09. The van der Waals surface area contributed by atoms with Gasteiger partial charge < -0.3 is 5.32 Å². The normalized spacial score (nSPS) is 10.5. The van der Waals surface area contributed by atoms with Crippen LogP contribution in [-0.4, -0.2) is 13.7 Å². The maximum absolute atomic E-state index is 9.04. The molecule has 0 aliphatic heterocycles. The van der Waals surface area contributed by atoms with Crippen LogP contribution in [0.3, 0.4) is 0 Å². The fraction of sp³-hybridized carbons (Fsp3) is 0.0769. The Morgan fingerprint density at radius 3 is 2.86 bits per heavy atom. The van der Waals surface area contributed by atoms with Crippen LogP contribution in [0.1, 0.15) is 11.3 Å². The molecule has 0 fully saturated rings. The third kappa shape index (κ3) is 2.63. The largest absolute Gasteiger partial charge is 0.378 e. The van der Waals surface area contributed by atoms with Crippen molar-refractivity contribution < 1.29 is 0 Å². The van der Waals surface area contributed by atoms with E-state index in [4.69, 9.17) is 28.5 Å². The summed E-state index contributed by atoms with van der Waals surface area (Å²) in [7, 11) is 0. The van der Waals surface area contributed by atoms with Gasteiger partial charge in [0.05, 0.1) is 27.5 Å². The van der Waals surface area contributed by atoms with Crippen LogP contribution < -0.4 is 5.32 Å². The number of pyridine rings is 1. The highest BCUT2D eigenvalue weighted by atomic mass is 35.5. The first-order valence-corrected chi connectivity index (χ1v) is 7.37. The third-order valence-corrected chi connectivity index (χ3v) is 4.01. The minimum absolute atomic E-state index is 0.378. The van der Waals surface area contributed by atoms with Crippen LogP contribution in [0.15, 0.2) is 24.4 Å². The van der Waals surface area contributed by atoms with Gasteiger partial charge in [-0.1, -0.05) is 29.3 Å². The lowest BCUT2D eigenvalue weighted by Crippen LogP contribution is -2.04. The molecule has 5 nitrogen and oxygen atoms in total. The number of nitrogens with one attached hydrogen (secondary N) is 1. The standard InChI is InChI=1S/C13H7Cl2N5S/c14-8-4-9(15)12-13(20-21-19-12)11(8)18-6-7-2-1-3-17-10(7)5-16/h1-4,18H,6H2. The van der Waals surface area contributed by atoms with Crippen LogP contribution in [0.25, 0.3) is 11.0 Å². The number of hydrogen-bond donors (Lipinski definition) is 1. The van der Waals surface area contributed by atoms with Crippen molar-refractivity contribution in [1.82, 2.24) is 13.7 Å². The lowest BCUT2D eigenvalue weighted by Gasteiger charge is -2.10. The molecule has 3 aromatic rings. The number of nitriles is 1. The second-order valence-electron chi connectivity index (χ2n) is 4.15. The Morgan fingerprint density at radius 2 is 2.05 bits per heavy atom. The zero-order chi connectivity index (χ0) is 14.8. The second kappa shape index (κ2) is 5.82. The molecule has 0 radical (unpaired) electrons. The molecule has 1 aromatic carbocycles. The Bertz CT molecular complexity index is 855. The third-order valence-electron chi connectivity index (χ3n) is 2.90. The molecular formula is C13H7Cl2N5S. The number of halogens is 2. The predicted octanol–water partition coefficient (Wildman–Crippen LogP) is 3.88. The van der Waals surface area contributed by atoms with E-state index in [0.717, 1.165) is 17.3 Å². The molecule has 0 saturated heterocycles. The molecule has 0 amide bonds. The Labute approximate surface area is 134 Å². The van der Waals surface area contributed by atoms with Crippen LogP contribution in [0.5, 0.6) is 0 Å². The van der Waals surface area contributed by atoms with Crippen molar-refractivity contribution in [2.24, 2.45) is 0 Å². The molecule has 21 heavy (non-hydrogen) atoms. The number of fused-ring (bicyclic) bond motifs is 1. The molecule has 0 bridgehead atoms. The Balaban J connectivity index is 1.96. The Kier molecular flexibility index (Phi) is 3.88. The van der Waals surface area contributed by atoms with E-state index in [1.165, 1.54) is 0 Å². The molecule has 0 aliphatic carbocycles. The van der Waals surface area contributed by atoms with Gasteiger partial charge in [-0.05, 0) is 12.1 Å². The maximum Gasteiger partial charge on any atom is 0.145 e. The van der Waals surface area contributed by atoms with E-state index >= 15 is 0 Å². The predicted molar refractivity (Wildman–Crippen MR) is 83.7 cm³/mol. The monoisotopic (exact) mass is 335 g/mol. The topological polar surface area (TPSA) is 74.5 Å². The Morgan fingerprint density at radius 1 is 1.24 bits per heavy atom. The average molecular weight is 336 g/mol. The van der Waals surface area contributed by atoms with Crippen molar-refractivity contribution in [1.29, 1.82) is 5.26 Å². The number of aromatic nitrogens is 3. The Hall–Kier alpha value is -1.94. The minimum atomic E-state index is 0.378. The van der Waals surface area contributed by atoms with Crippen molar-refractivity contribution in [3.8, 4) is 6.07 Å². The van der Waals surface area contributed by atoms with Crippen LogP contribution in [-0.2, 0) is 6.54 Å². The average Bonchev–Trinajstić information content (AvgIpc) is 2.97. The van der Waals surface area contributed by atoms with Gasteiger partial charge in [0.15, 0.2) is 0 Å². The number of nitrogens with zero attached hydrogens (tertiary/aromatic N) is 4. The summed E-state index contributed by atoms with van der Waals surface area (Å²) in [5.74, 6) is 0. The molecule has 0 saturated carbocycles. The fourth-order valence-electron chi connectivity index (χ4n) is 1.91. The van der Waals surface area contributed by atoms with E-state index in [1.807, 2.05) is 6.07 Å². The number of benzene rings is 1. The van der Waals surface area contributed by atoms with Gasteiger partial charge in [0.25, 0.3) is 0 Å². The van der Waals surface area contributed by atoms with E-state index in [2.05, 4.69) is 25.1 Å². The van der Waals surface area contributed by atoms with Crippen molar-refractivity contribution in [3.63, 3.8) is 0 Å². The highest BCUT2D eigenvalue weighted by Gasteiger charge is 2.14. The molecule has 2 heterocycles. The number of rotatable bonds is 3. The molecule has 0 atom stereocenters.